The van der Waals surface area contributed by atoms with E-state index in [9.17, 15) is 8.78 Å². The highest BCUT2D eigenvalue weighted by Crippen LogP contribution is 2.45. The van der Waals surface area contributed by atoms with Crippen molar-refractivity contribution in [3.63, 3.8) is 0 Å². The standard InChI is InChI=1S/C23H15BrF2N4O3/c1-12-28-21(13-4-7-19-20(8-13)33-23(25,26)32-19)22(31-12)17-9-14(24)5-6-16(17)18-10-15(11-27-2)29-30(18)3/h4-10H,11H2,1,3H3. The molecule has 0 saturated carbocycles. The number of halogens is 3. The number of hydrogen-bond donors (Lipinski definition) is 0. The molecule has 0 saturated heterocycles. The van der Waals surface area contributed by atoms with E-state index in [1.54, 1.807) is 24.7 Å². The van der Waals surface area contributed by atoms with Crippen LogP contribution in [-0.4, -0.2) is 21.1 Å². The Morgan fingerprint density at radius 1 is 1.09 bits per heavy atom. The van der Waals surface area contributed by atoms with Gasteiger partial charge in [-0.25, -0.2) is 11.6 Å². The van der Waals surface area contributed by atoms with Crippen molar-refractivity contribution >= 4 is 15.9 Å². The molecule has 0 bridgehead atoms. The van der Waals surface area contributed by atoms with Gasteiger partial charge in [-0.05, 0) is 36.4 Å². The highest BCUT2D eigenvalue weighted by molar-refractivity contribution is 9.10. The third-order valence-electron chi connectivity index (χ3n) is 5.08. The smallest absolute Gasteiger partial charge is 0.440 e. The maximum Gasteiger partial charge on any atom is 0.586 e. The average molecular weight is 513 g/mol. The van der Waals surface area contributed by atoms with Crippen molar-refractivity contribution in [3.05, 3.63) is 69.9 Å². The highest BCUT2D eigenvalue weighted by atomic mass is 79.9. The SMILES string of the molecule is [C-]#[N+]Cc1cc(-c2ccc(Br)cc2-c2oc(C)nc2-c2ccc3c(c2)OC(F)(F)O3)n(C)n1. The lowest BCUT2D eigenvalue weighted by molar-refractivity contribution is -0.286. The van der Waals surface area contributed by atoms with Crippen molar-refractivity contribution in [3.8, 4) is 45.3 Å². The van der Waals surface area contributed by atoms with Crippen LogP contribution in [0, 0.1) is 13.5 Å². The minimum Gasteiger partial charge on any atom is -0.440 e. The number of alkyl halides is 2. The molecule has 5 rings (SSSR count). The van der Waals surface area contributed by atoms with Gasteiger partial charge in [-0.15, -0.1) is 8.78 Å². The summed E-state index contributed by atoms with van der Waals surface area (Å²) in [6, 6.07) is 12.1. The Labute approximate surface area is 195 Å². The Kier molecular flexibility index (Phi) is 4.94. The number of nitrogens with zero attached hydrogens (tertiary/aromatic N) is 4. The van der Waals surface area contributed by atoms with E-state index in [-0.39, 0.29) is 18.0 Å². The lowest BCUT2D eigenvalue weighted by Gasteiger charge is -2.10. The molecule has 0 spiro atoms. The van der Waals surface area contributed by atoms with E-state index in [1.165, 1.54) is 12.1 Å². The molecular formula is C23H15BrF2N4O3. The first-order valence-electron chi connectivity index (χ1n) is 9.78. The first-order chi connectivity index (χ1) is 15.7. The second-order valence-electron chi connectivity index (χ2n) is 7.39. The van der Waals surface area contributed by atoms with Gasteiger partial charge in [-0.3, -0.25) is 4.68 Å². The Bertz CT molecular complexity index is 1440. The number of aryl methyl sites for hydroxylation is 2. The fourth-order valence-electron chi connectivity index (χ4n) is 3.77. The van der Waals surface area contributed by atoms with E-state index in [0.29, 0.717) is 28.6 Å². The van der Waals surface area contributed by atoms with Crippen LogP contribution in [0.15, 0.2) is 51.4 Å². The average Bonchev–Trinajstić information content (AvgIpc) is 3.40. The van der Waals surface area contributed by atoms with Crippen molar-refractivity contribution < 1.29 is 22.7 Å². The molecule has 10 heteroatoms. The van der Waals surface area contributed by atoms with E-state index in [0.717, 1.165) is 21.3 Å². The van der Waals surface area contributed by atoms with Crippen molar-refractivity contribution in [2.24, 2.45) is 7.05 Å². The zero-order chi connectivity index (χ0) is 23.3. The summed E-state index contributed by atoms with van der Waals surface area (Å²) in [4.78, 5) is 7.92. The Balaban J connectivity index is 1.66. The minimum atomic E-state index is -3.70. The number of benzene rings is 2. The molecule has 7 nitrogen and oxygen atoms in total. The molecule has 2 aromatic heterocycles. The molecule has 1 aliphatic rings. The van der Waals surface area contributed by atoms with Gasteiger partial charge in [0.05, 0.1) is 5.69 Å². The maximum atomic E-state index is 13.5. The molecule has 2 aromatic carbocycles. The number of hydrogen-bond acceptors (Lipinski definition) is 5. The lowest BCUT2D eigenvalue weighted by atomic mass is 9.98. The number of aromatic nitrogens is 3. The van der Waals surface area contributed by atoms with Crippen LogP contribution < -0.4 is 9.47 Å². The third-order valence-corrected chi connectivity index (χ3v) is 5.58. The number of rotatable bonds is 4. The van der Waals surface area contributed by atoms with Crippen LogP contribution in [-0.2, 0) is 13.6 Å². The third kappa shape index (κ3) is 3.85. The van der Waals surface area contributed by atoms with Crippen LogP contribution in [0.2, 0.25) is 0 Å². The van der Waals surface area contributed by atoms with E-state index < -0.39 is 6.29 Å². The van der Waals surface area contributed by atoms with Crippen molar-refractivity contribution in [2.45, 2.75) is 19.8 Å². The predicted molar refractivity (Wildman–Crippen MR) is 119 cm³/mol. The quantitative estimate of drug-likeness (QED) is 0.303. The fourth-order valence-corrected chi connectivity index (χ4v) is 4.13. The highest BCUT2D eigenvalue weighted by Gasteiger charge is 2.43. The van der Waals surface area contributed by atoms with Gasteiger partial charge in [-0.1, -0.05) is 22.0 Å². The summed E-state index contributed by atoms with van der Waals surface area (Å²) in [6.45, 7) is 9.00. The van der Waals surface area contributed by atoms with Crippen LogP contribution in [0.5, 0.6) is 11.5 Å². The normalized spacial score (nSPS) is 13.8. The second kappa shape index (κ2) is 7.71. The molecule has 1 aliphatic heterocycles. The van der Waals surface area contributed by atoms with Gasteiger partial charge in [0.15, 0.2) is 23.1 Å². The summed E-state index contributed by atoms with van der Waals surface area (Å²) < 4.78 is 44.6. The summed E-state index contributed by atoms with van der Waals surface area (Å²) in [7, 11) is 1.80. The lowest BCUT2D eigenvalue weighted by Crippen LogP contribution is -2.25. The zero-order valence-corrected chi connectivity index (χ0v) is 19.0. The topological polar surface area (TPSA) is 66.7 Å². The first kappa shape index (κ1) is 21.2. The summed E-state index contributed by atoms with van der Waals surface area (Å²) in [5.41, 5.74) is 3.99. The van der Waals surface area contributed by atoms with Gasteiger partial charge in [0.25, 0.3) is 6.54 Å². The first-order valence-corrected chi connectivity index (χ1v) is 10.6. The molecule has 0 fully saturated rings. The van der Waals surface area contributed by atoms with Crippen molar-refractivity contribution in [2.75, 3.05) is 0 Å². The van der Waals surface area contributed by atoms with Crippen LogP contribution in [0.1, 0.15) is 11.6 Å². The van der Waals surface area contributed by atoms with Crippen molar-refractivity contribution in [1.82, 2.24) is 14.8 Å². The number of oxazole rings is 1. The molecule has 0 unspecified atom stereocenters. The minimum absolute atomic E-state index is 0.0455. The number of fused-ring (bicyclic) bond motifs is 1. The van der Waals surface area contributed by atoms with E-state index in [4.69, 9.17) is 11.0 Å². The maximum absolute atomic E-state index is 13.5. The predicted octanol–water partition coefficient (Wildman–Crippen LogP) is 6.22. The largest absolute Gasteiger partial charge is 0.586 e. The molecule has 0 atom stereocenters. The zero-order valence-electron chi connectivity index (χ0n) is 17.4. The van der Waals surface area contributed by atoms with Gasteiger partial charge < -0.3 is 18.7 Å². The summed E-state index contributed by atoms with van der Waals surface area (Å²) in [5.74, 6) is 0.750. The van der Waals surface area contributed by atoms with E-state index >= 15 is 0 Å². The molecule has 0 N–H and O–H groups in total. The Hall–Kier alpha value is -3.71. The van der Waals surface area contributed by atoms with Crippen molar-refractivity contribution in [1.29, 1.82) is 0 Å². The molecule has 0 amide bonds. The molecule has 33 heavy (non-hydrogen) atoms. The molecule has 166 valence electrons. The molecule has 3 heterocycles. The molecular weight excluding hydrogens is 498 g/mol. The van der Waals surface area contributed by atoms with E-state index in [1.807, 2.05) is 24.3 Å². The van der Waals surface area contributed by atoms with Crippen LogP contribution in [0.3, 0.4) is 0 Å². The van der Waals surface area contributed by atoms with Gasteiger partial charge in [0.2, 0.25) is 0 Å². The second-order valence-corrected chi connectivity index (χ2v) is 8.31. The molecule has 4 aromatic rings. The van der Waals surface area contributed by atoms with Gasteiger partial charge in [0.1, 0.15) is 11.4 Å². The van der Waals surface area contributed by atoms with Crippen LogP contribution in [0.4, 0.5) is 8.78 Å². The summed E-state index contributed by atoms with van der Waals surface area (Å²) in [5, 5.41) is 4.42. The van der Waals surface area contributed by atoms with Crippen LogP contribution >= 0.6 is 15.9 Å². The molecule has 0 aliphatic carbocycles. The van der Waals surface area contributed by atoms with Gasteiger partial charge >= 0.3 is 6.29 Å². The summed E-state index contributed by atoms with van der Waals surface area (Å²) >= 11 is 3.51. The Morgan fingerprint density at radius 3 is 2.67 bits per heavy atom. The monoisotopic (exact) mass is 512 g/mol. The Morgan fingerprint density at radius 2 is 1.88 bits per heavy atom. The van der Waals surface area contributed by atoms with Gasteiger partial charge in [-0.2, -0.15) is 5.10 Å². The molecule has 0 radical (unpaired) electrons. The van der Waals surface area contributed by atoms with Gasteiger partial charge in [0, 0.05) is 35.1 Å². The fraction of sp³-hybridized carbons (Fsp3) is 0.174. The summed E-state index contributed by atoms with van der Waals surface area (Å²) in [6.07, 6.45) is -3.70. The number of ether oxygens (including phenoxy) is 2. The van der Waals surface area contributed by atoms with E-state index in [2.05, 4.69) is 40.3 Å². The van der Waals surface area contributed by atoms with Crippen LogP contribution in [0.25, 0.3) is 38.7 Å².